The molecule has 0 saturated heterocycles. The Morgan fingerprint density at radius 1 is 0.893 bits per heavy atom. The Labute approximate surface area is 165 Å². The summed E-state index contributed by atoms with van der Waals surface area (Å²) >= 11 is 0. The number of unbranched alkanes of at least 4 members (excludes halogenated alkanes) is 4. The van der Waals surface area contributed by atoms with E-state index in [1.165, 1.54) is 60.6 Å². The Bertz CT molecular complexity index is 1070. The van der Waals surface area contributed by atoms with Gasteiger partial charge in [-0.05, 0) is 41.0 Å². The molecule has 1 unspecified atom stereocenters. The molecule has 4 rings (SSSR count). The van der Waals surface area contributed by atoms with Crippen molar-refractivity contribution in [2.75, 3.05) is 0 Å². The van der Waals surface area contributed by atoms with Gasteiger partial charge in [0.25, 0.3) is 0 Å². The summed E-state index contributed by atoms with van der Waals surface area (Å²) in [6.45, 7) is 2.24. The van der Waals surface area contributed by atoms with Crippen LogP contribution in [-0.2, 0) is 0 Å². The minimum Gasteiger partial charge on any atom is -0.341 e. The van der Waals surface area contributed by atoms with E-state index < -0.39 is 0 Å². The molecule has 3 heteroatoms. The summed E-state index contributed by atoms with van der Waals surface area (Å²) in [5, 5.41) is 2.50. The first-order valence-corrected chi connectivity index (χ1v) is 10.4. The van der Waals surface area contributed by atoms with Crippen LogP contribution in [0.4, 0.5) is 4.39 Å². The fourth-order valence-corrected chi connectivity index (χ4v) is 4.00. The highest BCUT2D eigenvalue weighted by Crippen LogP contribution is 2.32. The van der Waals surface area contributed by atoms with Crippen LogP contribution in [0, 0.1) is 5.82 Å². The van der Waals surface area contributed by atoms with Crippen LogP contribution in [0.1, 0.15) is 62.8 Å². The molecule has 1 atom stereocenters. The van der Waals surface area contributed by atoms with Crippen LogP contribution >= 0.6 is 0 Å². The van der Waals surface area contributed by atoms with E-state index in [1.807, 2.05) is 0 Å². The highest BCUT2D eigenvalue weighted by molar-refractivity contribution is 5.83. The number of hydrogen-bond donors (Lipinski definition) is 1. The maximum atomic E-state index is 13.6. The molecule has 0 bridgehead atoms. The standard InChI is InChI=1S/C25H27FN2/c1-2-3-4-5-6-11-22(20-13-12-18-9-7-8-10-19(18)16-20)25-27-23-15-14-21(26)17-24(23)28-25/h7-10,12-17,22H,2-6,11H2,1H3,(H,27,28). The monoisotopic (exact) mass is 374 g/mol. The van der Waals surface area contributed by atoms with Gasteiger partial charge in [-0.15, -0.1) is 0 Å². The van der Waals surface area contributed by atoms with Gasteiger partial charge in [-0.1, -0.05) is 81.5 Å². The van der Waals surface area contributed by atoms with Crippen molar-refractivity contribution in [1.29, 1.82) is 0 Å². The van der Waals surface area contributed by atoms with Gasteiger partial charge in [0, 0.05) is 5.92 Å². The van der Waals surface area contributed by atoms with Crippen LogP contribution in [0.25, 0.3) is 21.8 Å². The van der Waals surface area contributed by atoms with E-state index in [9.17, 15) is 4.39 Å². The highest BCUT2D eigenvalue weighted by atomic mass is 19.1. The lowest BCUT2D eigenvalue weighted by Crippen LogP contribution is -2.04. The Balaban J connectivity index is 1.67. The van der Waals surface area contributed by atoms with E-state index in [0.29, 0.717) is 0 Å². The minimum atomic E-state index is -0.232. The third-order valence-corrected chi connectivity index (χ3v) is 5.56. The Morgan fingerprint density at radius 3 is 2.57 bits per heavy atom. The number of aromatic nitrogens is 2. The number of imidazole rings is 1. The van der Waals surface area contributed by atoms with E-state index in [0.717, 1.165) is 23.3 Å². The number of fused-ring (bicyclic) bond motifs is 2. The van der Waals surface area contributed by atoms with E-state index in [4.69, 9.17) is 4.98 Å². The predicted octanol–water partition coefficient (Wildman–Crippen LogP) is 7.35. The lowest BCUT2D eigenvalue weighted by Gasteiger charge is -2.16. The van der Waals surface area contributed by atoms with Gasteiger partial charge in [-0.3, -0.25) is 0 Å². The van der Waals surface area contributed by atoms with Gasteiger partial charge in [-0.2, -0.15) is 0 Å². The summed E-state index contributed by atoms with van der Waals surface area (Å²) in [4.78, 5) is 8.19. The second kappa shape index (κ2) is 8.55. The summed E-state index contributed by atoms with van der Waals surface area (Å²) in [5.74, 6) is 0.901. The first kappa shape index (κ1) is 18.7. The molecule has 0 aliphatic carbocycles. The fraction of sp³-hybridized carbons (Fsp3) is 0.320. The molecule has 1 aromatic heterocycles. The largest absolute Gasteiger partial charge is 0.341 e. The molecule has 0 fully saturated rings. The second-order valence-corrected chi connectivity index (χ2v) is 7.65. The van der Waals surface area contributed by atoms with E-state index >= 15 is 0 Å². The first-order valence-electron chi connectivity index (χ1n) is 10.4. The molecule has 1 N–H and O–H groups in total. The molecule has 0 aliphatic rings. The molecule has 3 aromatic carbocycles. The molecular formula is C25H27FN2. The zero-order valence-corrected chi connectivity index (χ0v) is 16.4. The van der Waals surface area contributed by atoms with Crippen LogP contribution in [0.15, 0.2) is 60.7 Å². The smallest absolute Gasteiger partial charge is 0.125 e. The number of benzene rings is 3. The lowest BCUT2D eigenvalue weighted by atomic mass is 9.90. The molecule has 0 aliphatic heterocycles. The number of H-pyrrole nitrogens is 1. The average Bonchev–Trinajstić information content (AvgIpc) is 3.13. The molecule has 2 nitrogen and oxygen atoms in total. The van der Waals surface area contributed by atoms with Crippen molar-refractivity contribution >= 4 is 21.8 Å². The molecule has 144 valence electrons. The van der Waals surface area contributed by atoms with Crippen molar-refractivity contribution < 1.29 is 4.39 Å². The second-order valence-electron chi connectivity index (χ2n) is 7.65. The van der Waals surface area contributed by atoms with Crippen molar-refractivity contribution in [2.24, 2.45) is 0 Å². The van der Waals surface area contributed by atoms with Crippen molar-refractivity contribution in [3.63, 3.8) is 0 Å². The average molecular weight is 375 g/mol. The third kappa shape index (κ3) is 4.09. The topological polar surface area (TPSA) is 28.7 Å². The van der Waals surface area contributed by atoms with Gasteiger partial charge in [0.1, 0.15) is 11.6 Å². The van der Waals surface area contributed by atoms with Crippen molar-refractivity contribution in [3.8, 4) is 0 Å². The number of rotatable bonds is 8. The fourth-order valence-electron chi connectivity index (χ4n) is 4.00. The maximum absolute atomic E-state index is 13.6. The van der Waals surface area contributed by atoms with Crippen molar-refractivity contribution in [2.45, 2.75) is 51.4 Å². The van der Waals surface area contributed by atoms with Gasteiger partial charge in [0.2, 0.25) is 0 Å². The number of nitrogens with zero attached hydrogens (tertiary/aromatic N) is 1. The van der Waals surface area contributed by atoms with Crippen LogP contribution in [0.3, 0.4) is 0 Å². The summed E-state index contributed by atoms with van der Waals surface area (Å²) in [5.41, 5.74) is 2.87. The Morgan fingerprint density at radius 2 is 1.71 bits per heavy atom. The molecule has 1 heterocycles. The number of nitrogens with one attached hydrogen (secondary N) is 1. The molecule has 0 spiro atoms. The predicted molar refractivity (Wildman–Crippen MR) is 115 cm³/mol. The normalized spacial score (nSPS) is 12.6. The summed E-state index contributed by atoms with van der Waals surface area (Å²) in [6, 6.07) is 19.9. The molecule has 0 amide bonds. The number of hydrogen-bond acceptors (Lipinski definition) is 1. The van der Waals surface area contributed by atoms with Crippen molar-refractivity contribution in [3.05, 3.63) is 77.9 Å². The van der Waals surface area contributed by atoms with Crippen LogP contribution in [0.5, 0.6) is 0 Å². The molecule has 0 saturated carbocycles. The van der Waals surface area contributed by atoms with E-state index in [2.05, 4.69) is 54.4 Å². The zero-order valence-electron chi connectivity index (χ0n) is 16.4. The number of aromatic amines is 1. The van der Waals surface area contributed by atoms with E-state index in [1.54, 1.807) is 6.07 Å². The summed E-state index contributed by atoms with van der Waals surface area (Å²) < 4.78 is 13.6. The zero-order chi connectivity index (χ0) is 19.3. The van der Waals surface area contributed by atoms with Gasteiger partial charge in [0.15, 0.2) is 0 Å². The van der Waals surface area contributed by atoms with Gasteiger partial charge >= 0.3 is 0 Å². The molecule has 0 radical (unpaired) electrons. The molecular weight excluding hydrogens is 347 g/mol. The van der Waals surface area contributed by atoms with Gasteiger partial charge < -0.3 is 4.98 Å². The lowest BCUT2D eigenvalue weighted by molar-refractivity contribution is 0.571. The Hall–Kier alpha value is -2.68. The van der Waals surface area contributed by atoms with Crippen LogP contribution in [-0.4, -0.2) is 9.97 Å². The van der Waals surface area contributed by atoms with Crippen LogP contribution in [0.2, 0.25) is 0 Å². The van der Waals surface area contributed by atoms with Gasteiger partial charge in [0.05, 0.1) is 11.0 Å². The summed E-state index contributed by atoms with van der Waals surface area (Å²) in [6.07, 6.45) is 7.29. The number of halogens is 1. The highest BCUT2D eigenvalue weighted by Gasteiger charge is 2.18. The molecule has 4 aromatic rings. The third-order valence-electron chi connectivity index (χ3n) is 5.56. The minimum absolute atomic E-state index is 0.196. The van der Waals surface area contributed by atoms with Crippen molar-refractivity contribution in [1.82, 2.24) is 9.97 Å². The van der Waals surface area contributed by atoms with Gasteiger partial charge in [-0.25, -0.2) is 9.37 Å². The van der Waals surface area contributed by atoms with E-state index in [-0.39, 0.29) is 11.7 Å². The maximum Gasteiger partial charge on any atom is 0.125 e. The SMILES string of the molecule is CCCCCCCC(c1ccc2ccccc2c1)c1nc2ccc(F)cc2[nH]1. The van der Waals surface area contributed by atoms with Crippen LogP contribution < -0.4 is 0 Å². The molecule has 28 heavy (non-hydrogen) atoms. The summed E-state index contributed by atoms with van der Waals surface area (Å²) in [7, 11) is 0. The quantitative estimate of drug-likeness (QED) is 0.321. The Kier molecular flexibility index (Phi) is 5.70. The first-order chi connectivity index (χ1) is 13.7.